The van der Waals surface area contributed by atoms with Gasteiger partial charge in [0.25, 0.3) is 0 Å². The molecule has 1 atom stereocenters. The summed E-state index contributed by atoms with van der Waals surface area (Å²) in [5, 5.41) is 87.9. The van der Waals surface area contributed by atoms with Gasteiger partial charge in [-0.2, -0.15) is 0 Å². The first-order valence-corrected chi connectivity index (χ1v) is 12.4. The van der Waals surface area contributed by atoms with Gasteiger partial charge in [-0.1, -0.05) is 13.3 Å². The van der Waals surface area contributed by atoms with Crippen LogP contribution in [-0.2, 0) is 47.9 Å². The van der Waals surface area contributed by atoms with Crippen molar-refractivity contribution >= 4 is 59.7 Å². The lowest BCUT2D eigenvalue weighted by atomic mass is 9.42. The second kappa shape index (κ2) is 12.5. The van der Waals surface area contributed by atoms with Gasteiger partial charge in [0.15, 0.2) is 21.7 Å². The molecular weight excluding hydrogens is 608 g/mol. The van der Waals surface area contributed by atoms with Gasteiger partial charge in [-0.15, -0.1) is 0 Å². The van der Waals surface area contributed by atoms with Crippen molar-refractivity contribution in [3.05, 3.63) is 0 Å². The Labute approximate surface area is 244 Å². The van der Waals surface area contributed by atoms with E-state index in [4.69, 9.17) is 51.1 Å². The quantitative estimate of drug-likeness (QED) is 0.121. The van der Waals surface area contributed by atoms with Crippen molar-refractivity contribution in [2.75, 3.05) is 0 Å². The molecule has 10 N–H and O–H groups in total. The van der Waals surface area contributed by atoms with Crippen molar-refractivity contribution in [1.82, 2.24) is 0 Å². The van der Waals surface area contributed by atoms with Gasteiger partial charge >= 0.3 is 59.7 Å². The molecular formula is C24H28O20. The predicted octanol–water partition coefficient (Wildman–Crippen LogP) is -0.999. The first-order valence-electron chi connectivity index (χ1n) is 12.4. The Bertz CT molecular complexity index is 1190. The van der Waals surface area contributed by atoms with Crippen molar-refractivity contribution in [2.24, 2.45) is 39.4 Å². The van der Waals surface area contributed by atoms with E-state index >= 15 is 0 Å². The number of aliphatic carboxylic acids is 10. The highest BCUT2D eigenvalue weighted by Crippen LogP contribution is 2.63. The van der Waals surface area contributed by atoms with Crippen LogP contribution in [0.3, 0.4) is 0 Å². The molecule has 0 radical (unpaired) electrons. The maximum atomic E-state index is 11.2. The average molecular weight is 636 g/mol. The molecule has 3 aliphatic carbocycles. The molecule has 0 amide bonds. The molecule has 0 aromatic heterocycles. The van der Waals surface area contributed by atoms with E-state index in [0.717, 1.165) is 0 Å². The SMILES string of the molecule is CCC1CC(C(=O)O)(C(=O)O)C1(C(=O)O)C(=O)O.O=C(O)C1(C(=O)O)CCC1(C(=O)O)C(=O)O.O=C(O)C1CC(C(=O)O)C1. The molecule has 0 bridgehead atoms. The van der Waals surface area contributed by atoms with Crippen LogP contribution in [-0.4, -0.2) is 111 Å². The summed E-state index contributed by atoms with van der Waals surface area (Å²) in [6, 6.07) is 0. The molecule has 20 nitrogen and oxygen atoms in total. The zero-order valence-electron chi connectivity index (χ0n) is 22.5. The lowest BCUT2D eigenvalue weighted by Gasteiger charge is -2.53. The van der Waals surface area contributed by atoms with Crippen LogP contribution in [0.5, 0.6) is 0 Å². The molecule has 0 spiro atoms. The molecule has 0 aromatic carbocycles. The van der Waals surface area contributed by atoms with E-state index in [1.165, 1.54) is 6.92 Å². The molecule has 3 fully saturated rings. The van der Waals surface area contributed by atoms with Crippen molar-refractivity contribution < 1.29 is 99.0 Å². The number of hydrogen-bond acceptors (Lipinski definition) is 10. The van der Waals surface area contributed by atoms with Gasteiger partial charge in [0.05, 0.1) is 11.8 Å². The number of carbonyl (C=O) groups is 10. The summed E-state index contributed by atoms with van der Waals surface area (Å²) < 4.78 is 0. The minimum absolute atomic E-state index is 0.0703. The summed E-state index contributed by atoms with van der Waals surface area (Å²) >= 11 is 0. The maximum Gasteiger partial charge on any atom is 0.323 e. The number of carboxylic acids is 10. The Morgan fingerprint density at radius 1 is 0.477 bits per heavy atom. The second-order valence-corrected chi connectivity index (χ2v) is 10.3. The third-order valence-corrected chi connectivity index (χ3v) is 8.64. The fourth-order valence-corrected chi connectivity index (χ4v) is 5.75. The fraction of sp³-hybridized carbons (Fsp3) is 0.583. The van der Waals surface area contributed by atoms with Gasteiger partial charge in [0, 0.05) is 0 Å². The van der Waals surface area contributed by atoms with Crippen LogP contribution in [0.1, 0.15) is 45.4 Å². The molecule has 0 aliphatic heterocycles. The van der Waals surface area contributed by atoms with Gasteiger partial charge in [-0.3, -0.25) is 47.9 Å². The summed E-state index contributed by atoms with van der Waals surface area (Å²) in [5.41, 5.74) is -11.2. The predicted molar refractivity (Wildman–Crippen MR) is 130 cm³/mol. The van der Waals surface area contributed by atoms with Gasteiger partial charge in [-0.25, -0.2) is 0 Å². The van der Waals surface area contributed by atoms with Gasteiger partial charge < -0.3 is 51.1 Å². The zero-order valence-corrected chi connectivity index (χ0v) is 22.5. The summed E-state index contributed by atoms with van der Waals surface area (Å²) in [6.07, 6.45) is -0.879. The van der Waals surface area contributed by atoms with E-state index in [-0.39, 0.29) is 6.42 Å². The summed E-state index contributed by atoms with van der Waals surface area (Å²) in [7, 11) is 0. The van der Waals surface area contributed by atoms with Crippen LogP contribution in [0.25, 0.3) is 0 Å². The van der Waals surface area contributed by atoms with E-state index in [1.54, 1.807) is 0 Å². The highest BCUT2D eigenvalue weighted by Gasteiger charge is 2.82. The van der Waals surface area contributed by atoms with E-state index < -0.39 is 118 Å². The first kappa shape index (κ1) is 36.7. The van der Waals surface area contributed by atoms with Gasteiger partial charge in [0.2, 0.25) is 0 Å². The van der Waals surface area contributed by atoms with Crippen LogP contribution in [0.15, 0.2) is 0 Å². The minimum Gasteiger partial charge on any atom is -0.481 e. The van der Waals surface area contributed by atoms with Gasteiger partial charge in [-0.05, 0) is 38.0 Å². The molecule has 0 saturated heterocycles. The smallest absolute Gasteiger partial charge is 0.323 e. The second-order valence-electron chi connectivity index (χ2n) is 10.3. The molecule has 0 heterocycles. The largest absolute Gasteiger partial charge is 0.481 e. The standard InChI is InChI=1S/C10H12O8.C8H8O8.C6H8O4/c1-2-4-3-9(5(11)12,6(13)14)10(4,7(15)16)8(17)18;9-3(10)7(4(11)12)1-2-8(7,5(13)14)6(15)16;7-5(8)3-1-4(2-3)6(9)10/h4H,2-3H2,1H3,(H,11,12)(H,13,14)(H,15,16)(H,17,18);1-2H2,(H,9,10)(H,11,12)(H,13,14)(H,15,16);3-4H,1-2H2,(H,7,8)(H,9,10). The lowest BCUT2D eigenvalue weighted by molar-refractivity contribution is -0.225. The van der Waals surface area contributed by atoms with Crippen molar-refractivity contribution in [1.29, 1.82) is 0 Å². The highest BCUT2D eigenvalue weighted by atomic mass is 16.4. The molecule has 1 unspecified atom stereocenters. The number of rotatable bonds is 11. The van der Waals surface area contributed by atoms with Crippen LogP contribution >= 0.6 is 0 Å². The number of carboxylic acid groups (broad SMARTS) is 10. The summed E-state index contributed by atoms with van der Waals surface area (Å²) in [4.78, 5) is 108. The lowest BCUT2D eigenvalue weighted by Crippen LogP contribution is -2.72. The van der Waals surface area contributed by atoms with Crippen LogP contribution in [0.2, 0.25) is 0 Å². The van der Waals surface area contributed by atoms with E-state index in [1.807, 2.05) is 0 Å². The Balaban J connectivity index is 0.000000343. The number of hydrogen-bond donors (Lipinski definition) is 10. The molecule has 3 rings (SSSR count). The van der Waals surface area contributed by atoms with Crippen LogP contribution in [0.4, 0.5) is 0 Å². The van der Waals surface area contributed by atoms with Gasteiger partial charge in [0.1, 0.15) is 0 Å². The van der Waals surface area contributed by atoms with E-state index in [2.05, 4.69) is 0 Å². The Hall–Kier alpha value is -5.30. The Morgan fingerprint density at radius 3 is 0.909 bits per heavy atom. The van der Waals surface area contributed by atoms with Crippen molar-refractivity contribution in [3.8, 4) is 0 Å². The molecule has 244 valence electrons. The Morgan fingerprint density at radius 2 is 0.750 bits per heavy atom. The first-order chi connectivity index (χ1) is 20.0. The van der Waals surface area contributed by atoms with E-state index in [0.29, 0.717) is 12.8 Å². The average Bonchev–Trinajstić information content (AvgIpc) is 2.76. The summed E-state index contributed by atoms with van der Waals surface area (Å²) in [5.74, 6) is -19.2. The maximum absolute atomic E-state index is 11.2. The topological polar surface area (TPSA) is 373 Å². The third-order valence-electron chi connectivity index (χ3n) is 8.64. The van der Waals surface area contributed by atoms with Crippen molar-refractivity contribution in [2.45, 2.75) is 45.4 Å². The molecule has 20 heteroatoms. The third kappa shape index (κ3) is 5.00. The molecule has 3 aliphatic rings. The normalized spacial score (nSPS) is 24.2. The minimum atomic E-state index is -2.82. The summed E-state index contributed by atoms with van der Waals surface area (Å²) in [6.45, 7) is 1.49. The van der Waals surface area contributed by atoms with Crippen LogP contribution in [0, 0.1) is 39.4 Å². The highest BCUT2D eigenvalue weighted by molar-refractivity contribution is 6.16. The Kier molecular flexibility index (Phi) is 10.4. The van der Waals surface area contributed by atoms with E-state index in [9.17, 15) is 47.9 Å². The molecule has 0 aromatic rings. The zero-order chi connectivity index (χ0) is 34.7. The van der Waals surface area contributed by atoms with Crippen LogP contribution < -0.4 is 0 Å². The monoisotopic (exact) mass is 636 g/mol. The van der Waals surface area contributed by atoms with Crippen molar-refractivity contribution in [3.63, 3.8) is 0 Å². The molecule has 3 saturated carbocycles. The fourth-order valence-electron chi connectivity index (χ4n) is 5.75. The molecule has 44 heavy (non-hydrogen) atoms.